The van der Waals surface area contributed by atoms with E-state index in [-0.39, 0.29) is 5.91 Å². The van der Waals surface area contributed by atoms with E-state index in [0.717, 1.165) is 21.9 Å². The number of amides is 1. The Kier molecular flexibility index (Phi) is 6.72. The van der Waals surface area contributed by atoms with Crippen molar-refractivity contribution in [2.24, 2.45) is 0 Å². The Hall–Kier alpha value is -3.06. The van der Waals surface area contributed by atoms with Crippen LogP contribution in [0.25, 0.3) is 0 Å². The third kappa shape index (κ3) is 5.26. The lowest BCUT2D eigenvalue weighted by Gasteiger charge is -2.15. The number of anilines is 1. The summed E-state index contributed by atoms with van der Waals surface area (Å²) in [6.45, 7) is 5.30. The van der Waals surface area contributed by atoms with Crippen LogP contribution in [-0.2, 0) is 15.3 Å². The molecular formula is C22H22N2O4S. The molecule has 0 radical (unpaired) electrons. The van der Waals surface area contributed by atoms with Gasteiger partial charge < -0.3 is 14.6 Å². The van der Waals surface area contributed by atoms with Crippen molar-refractivity contribution in [3.63, 3.8) is 0 Å². The predicted octanol–water partition coefficient (Wildman–Crippen LogP) is 4.77. The number of carbonyl (C=O) groups excluding carboxylic acids is 2. The first-order chi connectivity index (χ1) is 14.0. The van der Waals surface area contributed by atoms with Crippen molar-refractivity contribution >= 4 is 29.3 Å². The van der Waals surface area contributed by atoms with Crippen LogP contribution in [0.1, 0.15) is 34.3 Å². The van der Waals surface area contributed by atoms with Crippen LogP contribution in [0.5, 0.6) is 0 Å². The maximum atomic E-state index is 12.7. The highest BCUT2D eigenvalue weighted by atomic mass is 32.2. The minimum absolute atomic E-state index is 0.384. The quantitative estimate of drug-likeness (QED) is 0.446. The van der Waals surface area contributed by atoms with Crippen LogP contribution in [0.2, 0.25) is 0 Å². The lowest BCUT2D eigenvalue weighted by atomic mass is 10.2. The molecule has 29 heavy (non-hydrogen) atoms. The minimum Gasteiger partial charge on any atom is -0.449 e. The largest absolute Gasteiger partial charge is 0.449 e. The Morgan fingerprint density at radius 2 is 1.79 bits per heavy atom. The molecule has 2 aromatic carbocycles. The Bertz CT molecular complexity index is 982. The molecular weight excluding hydrogens is 388 g/mol. The summed E-state index contributed by atoms with van der Waals surface area (Å²) >= 11 is 1.50. The summed E-state index contributed by atoms with van der Waals surface area (Å²) in [6, 6.07) is 16.2. The van der Waals surface area contributed by atoms with Crippen molar-refractivity contribution in [2.45, 2.75) is 37.5 Å². The molecule has 0 saturated carbocycles. The second kappa shape index (κ2) is 9.43. The predicted molar refractivity (Wildman–Crippen MR) is 112 cm³/mol. The van der Waals surface area contributed by atoms with Crippen molar-refractivity contribution in [3.05, 3.63) is 77.2 Å². The van der Waals surface area contributed by atoms with Gasteiger partial charge in [-0.3, -0.25) is 4.79 Å². The third-order valence-corrected chi connectivity index (χ3v) is 5.45. The average molecular weight is 410 g/mol. The molecule has 1 N–H and O–H groups in total. The van der Waals surface area contributed by atoms with Gasteiger partial charge in [-0.25, -0.2) is 4.79 Å². The molecule has 0 fully saturated rings. The summed E-state index contributed by atoms with van der Waals surface area (Å²) in [4.78, 5) is 25.8. The van der Waals surface area contributed by atoms with Crippen molar-refractivity contribution < 1.29 is 18.8 Å². The standard InChI is InChI=1S/C22H22N2O4S/c1-14-19(15(2)28-24-14)13-29-20-12-8-7-11-18(20)22(26)27-16(3)21(25)23-17-9-5-4-6-10-17/h4-12,16H,13H2,1-3H3,(H,23,25)/t16-/m1/s1. The van der Waals surface area contributed by atoms with E-state index in [0.29, 0.717) is 17.0 Å². The number of benzene rings is 2. The molecule has 6 nitrogen and oxygen atoms in total. The summed E-state index contributed by atoms with van der Waals surface area (Å²) in [7, 11) is 0. The van der Waals surface area contributed by atoms with E-state index >= 15 is 0 Å². The van der Waals surface area contributed by atoms with E-state index in [1.807, 2.05) is 44.2 Å². The zero-order valence-electron chi connectivity index (χ0n) is 16.5. The maximum Gasteiger partial charge on any atom is 0.340 e. The molecule has 7 heteroatoms. The van der Waals surface area contributed by atoms with E-state index in [2.05, 4.69) is 10.5 Å². The van der Waals surface area contributed by atoms with Crippen molar-refractivity contribution in [1.29, 1.82) is 0 Å². The van der Waals surface area contributed by atoms with Crippen LogP contribution < -0.4 is 5.32 Å². The lowest BCUT2D eigenvalue weighted by Crippen LogP contribution is -2.30. The molecule has 1 aromatic heterocycles. The summed E-state index contributed by atoms with van der Waals surface area (Å²) in [5, 5.41) is 6.69. The number of nitrogens with zero attached hydrogens (tertiary/aromatic N) is 1. The molecule has 3 rings (SSSR count). The summed E-state index contributed by atoms with van der Waals surface area (Å²) in [5.41, 5.74) is 2.91. The fourth-order valence-corrected chi connectivity index (χ4v) is 3.86. The number of para-hydroxylation sites is 1. The van der Waals surface area contributed by atoms with E-state index < -0.39 is 12.1 Å². The van der Waals surface area contributed by atoms with Gasteiger partial charge in [0.1, 0.15) is 5.76 Å². The third-order valence-electron chi connectivity index (χ3n) is 4.35. The molecule has 1 heterocycles. The molecule has 1 amide bonds. The van der Waals surface area contributed by atoms with Crippen molar-refractivity contribution in [2.75, 3.05) is 5.32 Å². The van der Waals surface area contributed by atoms with Crippen LogP contribution in [0.15, 0.2) is 64.0 Å². The molecule has 0 aliphatic carbocycles. The van der Waals surface area contributed by atoms with Crippen LogP contribution in [-0.4, -0.2) is 23.1 Å². The van der Waals surface area contributed by atoms with Gasteiger partial charge in [0.2, 0.25) is 0 Å². The van der Waals surface area contributed by atoms with Crippen molar-refractivity contribution in [3.8, 4) is 0 Å². The monoisotopic (exact) mass is 410 g/mol. The molecule has 0 spiro atoms. The van der Waals surface area contributed by atoms with E-state index in [9.17, 15) is 9.59 Å². The maximum absolute atomic E-state index is 12.7. The number of rotatable bonds is 7. The lowest BCUT2D eigenvalue weighted by molar-refractivity contribution is -0.123. The van der Waals surface area contributed by atoms with Crippen LogP contribution in [0, 0.1) is 13.8 Å². The van der Waals surface area contributed by atoms with Crippen LogP contribution >= 0.6 is 11.8 Å². The molecule has 0 saturated heterocycles. The zero-order valence-corrected chi connectivity index (χ0v) is 17.3. The first-order valence-corrected chi connectivity index (χ1v) is 10.1. The molecule has 0 aliphatic heterocycles. The smallest absolute Gasteiger partial charge is 0.340 e. The average Bonchev–Trinajstić information content (AvgIpc) is 3.04. The Morgan fingerprint density at radius 1 is 1.10 bits per heavy atom. The van der Waals surface area contributed by atoms with Gasteiger partial charge in [-0.2, -0.15) is 0 Å². The summed E-state index contributed by atoms with van der Waals surface area (Å²) in [5.74, 6) is 0.462. The number of ether oxygens (including phenoxy) is 1. The van der Waals surface area contributed by atoms with Crippen LogP contribution in [0.3, 0.4) is 0 Å². The molecule has 150 valence electrons. The van der Waals surface area contributed by atoms with Gasteiger partial charge in [0.05, 0.1) is 11.3 Å². The van der Waals surface area contributed by atoms with Gasteiger partial charge in [0, 0.05) is 21.9 Å². The molecule has 0 bridgehead atoms. The second-order valence-corrected chi connectivity index (χ2v) is 7.51. The van der Waals surface area contributed by atoms with Crippen LogP contribution in [0.4, 0.5) is 5.69 Å². The van der Waals surface area contributed by atoms with Gasteiger partial charge in [-0.05, 0) is 45.0 Å². The number of carbonyl (C=O) groups is 2. The number of hydrogen-bond acceptors (Lipinski definition) is 6. The fourth-order valence-electron chi connectivity index (χ4n) is 2.66. The highest BCUT2D eigenvalue weighted by molar-refractivity contribution is 7.98. The van der Waals surface area contributed by atoms with Gasteiger partial charge in [-0.1, -0.05) is 35.5 Å². The Morgan fingerprint density at radius 3 is 2.48 bits per heavy atom. The highest BCUT2D eigenvalue weighted by Crippen LogP contribution is 2.29. The van der Waals surface area contributed by atoms with Crippen molar-refractivity contribution in [1.82, 2.24) is 5.16 Å². The number of nitrogens with one attached hydrogen (secondary N) is 1. The van der Waals surface area contributed by atoms with Gasteiger partial charge in [0.15, 0.2) is 6.10 Å². The van der Waals surface area contributed by atoms with Gasteiger partial charge in [-0.15, -0.1) is 11.8 Å². The van der Waals surface area contributed by atoms with E-state index in [1.54, 1.807) is 31.2 Å². The molecule has 0 unspecified atom stereocenters. The number of hydrogen-bond donors (Lipinski definition) is 1. The normalized spacial score (nSPS) is 11.7. The molecule has 3 aromatic rings. The molecule has 0 aliphatic rings. The van der Waals surface area contributed by atoms with E-state index in [1.165, 1.54) is 11.8 Å². The van der Waals surface area contributed by atoms with Gasteiger partial charge in [0.25, 0.3) is 5.91 Å². The minimum atomic E-state index is -0.927. The first-order valence-electron chi connectivity index (χ1n) is 9.16. The summed E-state index contributed by atoms with van der Waals surface area (Å²) in [6.07, 6.45) is -0.927. The molecule has 1 atom stereocenters. The number of esters is 1. The SMILES string of the molecule is Cc1noc(C)c1CSc1ccccc1C(=O)O[C@H](C)C(=O)Nc1ccccc1. The summed E-state index contributed by atoms with van der Waals surface area (Å²) < 4.78 is 10.6. The number of aryl methyl sites for hydroxylation is 2. The fraction of sp³-hybridized carbons (Fsp3) is 0.227. The van der Waals surface area contributed by atoms with E-state index in [4.69, 9.17) is 9.26 Å². The number of thioether (sulfide) groups is 1. The second-order valence-electron chi connectivity index (χ2n) is 6.49. The first kappa shape index (κ1) is 20.7. The zero-order chi connectivity index (χ0) is 20.8. The van der Waals surface area contributed by atoms with Gasteiger partial charge >= 0.3 is 5.97 Å². The Labute approximate surface area is 173 Å². The Balaban J connectivity index is 1.65. The number of aromatic nitrogens is 1. The highest BCUT2D eigenvalue weighted by Gasteiger charge is 2.21. The topological polar surface area (TPSA) is 81.4 Å².